The Morgan fingerprint density at radius 2 is 2.07 bits per heavy atom. The number of halogens is 3. The molecule has 1 rings (SSSR count). The Bertz CT molecular complexity index is 396. The first-order valence-electron chi connectivity index (χ1n) is 3.37. The second kappa shape index (κ2) is 3.52. The zero-order valence-corrected chi connectivity index (χ0v) is 6.59. The van der Waals surface area contributed by atoms with Crippen molar-refractivity contribution < 1.29 is 22.7 Å². The van der Waals surface area contributed by atoms with E-state index in [1.54, 1.807) is 0 Å². The number of pyridine rings is 1. The summed E-state index contributed by atoms with van der Waals surface area (Å²) in [7, 11) is 0. The van der Waals surface area contributed by atoms with Crippen LogP contribution in [0.4, 0.5) is 13.2 Å². The van der Waals surface area contributed by atoms with Gasteiger partial charge in [0.15, 0.2) is 5.43 Å². The molecule has 0 aromatic carbocycles. The largest absolute Gasteiger partial charge is 0.575 e. The molecule has 0 radical (unpaired) electrons. The van der Waals surface area contributed by atoms with Gasteiger partial charge < -0.3 is 9.72 Å². The van der Waals surface area contributed by atoms with Crippen LogP contribution >= 0.6 is 0 Å². The zero-order chi connectivity index (χ0) is 10.8. The summed E-state index contributed by atoms with van der Waals surface area (Å²) >= 11 is 0. The molecular formula is C7H4F3NO3. The number of carbonyl (C=O) groups excluding carboxylic acids is 1. The fourth-order valence-corrected chi connectivity index (χ4v) is 0.736. The summed E-state index contributed by atoms with van der Waals surface area (Å²) in [6.45, 7) is 0. The Morgan fingerprint density at radius 3 is 2.57 bits per heavy atom. The molecule has 1 aromatic rings. The number of aromatic amines is 1. The number of H-pyrrole nitrogens is 1. The molecule has 1 heterocycles. The standard InChI is InChI=1S/C7H4F3NO3/c8-7(9,10)14-6(13)4-3-11-2-1-5(4)12/h1-3H,(H,11,12). The molecule has 0 atom stereocenters. The van der Waals surface area contributed by atoms with Crippen LogP contribution in [0.5, 0.6) is 0 Å². The first-order chi connectivity index (χ1) is 6.40. The highest BCUT2D eigenvalue weighted by Gasteiger charge is 2.35. The maximum atomic E-state index is 11.6. The SMILES string of the molecule is O=C(OC(F)(F)F)c1c[nH]ccc1=O. The summed E-state index contributed by atoms with van der Waals surface area (Å²) in [5.41, 5.74) is -1.53. The molecule has 0 aliphatic rings. The second-order valence-corrected chi connectivity index (χ2v) is 2.26. The number of ether oxygens (including phenoxy) is 1. The Balaban J connectivity index is 2.92. The third-order valence-corrected chi connectivity index (χ3v) is 1.25. The van der Waals surface area contributed by atoms with Gasteiger partial charge in [-0.25, -0.2) is 4.79 Å². The van der Waals surface area contributed by atoms with Crippen molar-refractivity contribution in [2.45, 2.75) is 6.36 Å². The third-order valence-electron chi connectivity index (χ3n) is 1.25. The third kappa shape index (κ3) is 2.61. The Morgan fingerprint density at radius 1 is 1.43 bits per heavy atom. The lowest BCUT2D eigenvalue weighted by Gasteiger charge is -2.05. The molecule has 0 aliphatic heterocycles. The van der Waals surface area contributed by atoms with Crippen molar-refractivity contribution in [2.24, 2.45) is 0 Å². The van der Waals surface area contributed by atoms with E-state index in [1.165, 1.54) is 6.20 Å². The summed E-state index contributed by atoms with van der Waals surface area (Å²) in [6.07, 6.45) is -3.05. The van der Waals surface area contributed by atoms with Gasteiger partial charge in [-0.2, -0.15) is 0 Å². The van der Waals surface area contributed by atoms with Crippen LogP contribution in [-0.4, -0.2) is 17.3 Å². The topological polar surface area (TPSA) is 59.2 Å². The monoisotopic (exact) mass is 207 g/mol. The first kappa shape index (κ1) is 10.3. The normalized spacial score (nSPS) is 11.1. The van der Waals surface area contributed by atoms with E-state index in [1.807, 2.05) is 0 Å². The van der Waals surface area contributed by atoms with Gasteiger partial charge in [-0.15, -0.1) is 13.2 Å². The average Bonchev–Trinajstić information content (AvgIpc) is 2.01. The van der Waals surface area contributed by atoms with E-state index in [4.69, 9.17) is 0 Å². The molecule has 0 bridgehead atoms. The van der Waals surface area contributed by atoms with E-state index in [2.05, 4.69) is 9.72 Å². The number of esters is 1. The molecule has 0 saturated heterocycles. The molecule has 0 amide bonds. The van der Waals surface area contributed by atoms with E-state index >= 15 is 0 Å². The number of hydrogen-bond donors (Lipinski definition) is 1. The molecule has 4 nitrogen and oxygen atoms in total. The number of alkyl halides is 3. The molecule has 7 heteroatoms. The van der Waals surface area contributed by atoms with Crippen LogP contribution in [0.2, 0.25) is 0 Å². The number of carbonyl (C=O) groups is 1. The molecule has 1 N–H and O–H groups in total. The number of rotatable bonds is 1. The van der Waals surface area contributed by atoms with Gasteiger partial charge in [0.05, 0.1) is 0 Å². The van der Waals surface area contributed by atoms with Gasteiger partial charge in [-0.05, 0) is 0 Å². The van der Waals surface area contributed by atoms with Crippen molar-refractivity contribution in [3.63, 3.8) is 0 Å². The maximum Gasteiger partial charge on any atom is 0.575 e. The highest BCUT2D eigenvalue weighted by molar-refractivity contribution is 5.88. The minimum Gasteiger partial charge on any atom is -0.369 e. The van der Waals surface area contributed by atoms with Crippen molar-refractivity contribution in [3.05, 3.63) is 34.2 Å². The highest BCUT2D eigenvalue weighted by Crippen LogP contribution is 2.17. The summed E-state index contributed by atoms with van der Waals surface area (Å²) in [6, 6.07) is 0.924. The summed E-state index contributed by atoms with van der Waals surface area (Å²) in [5, 5.41) is 0. The predicted octanol–water partition coefficient (Wildman–Crippen LogP) is 1.05. The van der Waals surface area contributed by atoms with Crippen molar-refractivity contribution in [3.8, 4) is 0 Å². The van der Waals surface area contributed by atoms with Crippen molar-refractivity contribution in [1.82, 2.24) is 4.98 Å². The number of hydrogen-bond acceptors (Lipinski definition) is 3. The fraction of sp³-hybridized carbons (Fsp3) is 0.143. The van der Waals surface area contributed by atoms with Gasteiger partial charge in [0.2, 0.25) is 0 Å². The predicted molar refractivity (Wildman–Crippen MR) is 38.5 cm³/mol. The van der Waals surface area contributed by atoms with Gasteiger partial charge >= 0.3 is 12.3 Å². The summed E-state index contributed by atoms with van der Waals surface area (Å²) in [4.78, 5) is 23.9. The molecule has 0 spiro atoms. The lowest BCUT2D eigenvalue weighted by Crippen LogP contribution is -2.24. The lowest BCUT2D eigenvalue weighted by molar-refractivity contribution is -0.291. The average molecular weight is 207 g/mol. The zero-order valence-electron chi connectivity index (χ0n) is 6.59. The number of aromatic nitrogens is 1. The van der Waals surface area contributed by atoms with Gasteiger partial charge in [0, 0.05) is 18.5 Å². The van der Waals surface area contributed by atoms with E-state index < -0.39 is 23.3 Å². The van der Waals surface area contributed by atoms with Crippen molar-refractivity contribution in [1.29, 1.82) is 0 Å². The molecule has 0 fully saturated rings. The quantitative estimate of drug-likeness (QED) is 0.700. The molecule has 76 valence electrons. The second-order valence-electron chi connectivity index (χ2n) is 2.26. The molecule has 0 aliphatic carbocycles. The van der Waals surface area contributed by atoms with Gasteiger partial charge in [-0.3, -0.25) is 4.79 Å². The van der Waals surface area contributed by atoms with Crippen molar-refractivity contribution in [2.75, 3.05) is 0 Å². The van der Waals surface area contributed by atoms with E-state index in [-0.39, 0.29) is 0 Å². The molecular weight excluding hydrogens is 203 g/mol. The summed E-state index contributed by atoms with van der Waals surface area (Å²) < 4.78 is 37.7. The van der Waals surface area contributed by atoms with Crippen LogP contribution in [0.15, 0.2) is 23.3 Å². The highest BCUT2D eigenvalue weighted by atomic mass is 19.4. The Kier molecular flexibility index (Phi) is 2.59. The summed E-state index contributed by atoms with van der Waals surface area (Å²) in [5.74, 6) is -1.72. The fourth-order valence-electron chi connectivity index (χ4n) is 0.736. The molecule has 14 heavy (non-hydrogen) atoms. The first-order valence-corrected chi connectivity index (χ1v) is 3.37. The molecule has 0 saturated carbocycles. The smallest absolute Gasteiger partial charge is 0.369 e. The Labute approximate surface area is 75.3 Å². The van der Waals surface area contributed by atoms with Crippen LogP contribution in [0.3, 0.4) is 0 Å². The van der Waals surface area contributed by atoms with E-state index in [0.29, 0.717) is 0 Å². The van der Waals surface area contributed by atoms with Gasteiger partial charge in [0.1, 0.15) is 5.56 Å². The Hall–Kier alpha value is -1.79. The van der Waals surface area contributed by atoms with Crippen LogP contribution in [0.1, 0.15) is 10.4 Å². The minimum atomic E-state index is -5.08. The van der Waals surface area contributed by atoms with Crippen LogP contribution in [-0.2, 0) is 4.74 Å². The van der Waals surface area contributed by atoms with E-state index in [9.17, 15) is 22.8 Å². The van der Waals surface area contributed by atoms with Crippen molar-refractivity contribution >= 4 is 5.97 Å². The number of nitrogens with one attached hydrogen (secondary N) is 1. The van der Waals surface area contributed by atoms with Gasteiger partial charge in [0.25, 0.3) is 0 Å². The van der Waals surface area contributed by atoms with Crippen LogP contribution in [0.25, 0.3) is 0 Å². The molecule has 1 aromatic heterocycles. The lowest BCUT2D eigenvalue weighted by atomic mass is 10.3. The van der Waals surface area contributed by atoms with E-state index in [0.717, 1.165) is 12.3 Å². The van der Waals surface area contributed by atoms with Crippen LogP contribution in [0, 0.1) is 0 Å². The van der Waals surface area contributed by atoms with Gasteiger partial charge in [-0.1, -0.05) is 0 Å². The maximum absolute atomic E-state index is 11.6. The molecule has 0 unspecified atom stereocenters. The minimum absolute atomic E-state index is 0.690. The van der Waals surface area contributed by atoms with Crippen LogP contribution < -0.4 is 5.43 Å².